The average molecular weight is 286 g/mol. The number of alkyl halides is 5. The van der Waals surface area contributed by atoms with Crippen molar-refractivity contribution in [3.05, 3.63) is 35.1 Å². The Morgan fingerprint density at radius 3 is 2.32 bits per heavy atom. The van der Waals surface area contributed by atoms with Crippen molar-refractivity contribution in [2.75, 3.05) is 13.1 Å². The molecular formula is C11H12F6N2. The molecule has 1 aromatic carbocycles. The Morgan fingerprint density at radius 1 is 1.21 bits per heavy atom. The fourth-order valence-electron chi connectivity index (χ4n) is 1.55. The zero-order valence-electron chi connectivity index (χ0n) is 9.65. The molecule has 1 unspecified atom stereocenters. The van der Waals surface area contributed by atoms with Gasteiger partial charge in [0.15, 0.2) is 0 Å². The van der Waals surface area contributed by atoms with E-state index in [9.17, 15) is 26.3 Å². The summed E-state index contributed by atoms with van der Waals surface area (Å²) in [5.74, 6) is -1.42. The summed E-state index contributed by atoms with van der Waals surface area (Å²) in [7, 11) is 0. The minimum atomic E-state index is -4.85. The molecule has 0 saturated carbocycles. The van der Waals surface area contributed by atoms with Crippen molar-refractivity contribution < 1.29 is 26.3 Å². The number of nitrogens with one attached hydrogen (secondary N) is 1. The number of benzene rings is 1. The third-order valence-electron chi connectivity index (χ3n) is 2.45. The van der Waals surface area contributed by atoms with Crippen LogP contribution in [-0.2, 0) is 6.18 Å². The second-order valence-electron chi connectivity index (χ2n) is 3.82. The van der Waals surface area contributed by atoms with E-state index in [2.05, 4.69) is 5.32 Å². The Kier molecular flexibility index (Phi) is 5.19. The molecule has 0 bridgehead atoms. The van der Waals surface area contributed by atoms with Crippen molar-refractivity contribution in [3.63, 3.8) is 0 Å². The van der Waals surface area contributed by atoms with Crippen LogP contribution in [0.5, 0.6) is 0 Å². The van der Waals surface area contributed by atoms with Crippen LogP contribution in [0.2, 0.25) is 0 Å². The maximum atomic E-state index is 13.1. The van der Waals surface area contributed by atoms with Crippen molar-refractivity contribution in [1.82, 2.24) is 5.32 Å². The Labute approximate surface area is 105 Å². The molecule has 0 aromatic heterocycles. The summed E-state index contributed by atoms with van der Waals surface area (Å²) in [6, 6.07) is 1.41. The maximum Gasteiger partial charge on any atom is 0.419 e. The number of hydrogen-bond donors (Lipinski definition) is 2. The molecular weight excluding hydrogens is 274 g/mol. The van der Waals surface area contributed by atoms with Crippen LogP contribution in [0.25, 0.3) is 0 Å². The van der Waals surface area contributed by atoms with Gasteiger partial charge in [-0.1, -0.05) is 6.07 Å². The van der Waals surface area contributed by atoms with E-state index in [-0.39, 0.29) is 12.1 Å². The van der Waals surface area contributed by atoms with Gasteiger partial charge >= 0.3 is 6.18 Å². The average Bonchev–Trinajstić information content (AvgIpc) is 2.29. The van der Waals surface area contributed by atoms with E-state index in [1.165, 1.54) is 0 Å². The second-order valence-corrected chi connectivity index (χ2v) is 3.82. The van der Waals surface area contributed by atoms with Gasteiger partial charge in [0.25, 0.3) is 6.43 Å². The minimum absolute atomic E-state index is 0.0110. The highest BCUT2D eigenvalue weighted by molar-refractivity contribution is 5.29. The van der Waals surface area contributed by atoms with Gasteiger partial charge < -0.3 is 11.1 Å². The van der Waals surface area contributed by atoms with Gasteiger partial charge in [0, 0.05) is 12.6 Å². The third-order valence-corrected chi connectivity index (χ3v) is 2.45. The summed E-state index contributed by atoms with van der Waals surface area (Å²) in [5, 5.41) is 2.32. The van der Waals surface area contributed by atoms with E-state index in [1.54, 1.807) is 0 Å². The van der Waals surface area contributed by atoms with Gasteiger partial charge in [0.1, 0.15) is 5.82 Å². The van der Waals surface area contributed by atoms with Crippen molar-refractivity contribution in [1.29, 1.82) is 0 Å². The molecule has 0 fully saturated rings. The Hall–Kier alpha value is -1.28. The predicted octanol–water partition coefficient (Wildman–Crippen LogP) is 2.70. The molecule has 0 aliphatic carbocycles. The fraction of sp³-hybridized carbons (Fsp3) is 0.455. The van der Waals surface area contributed by atoms with Crippen molar-refractivity contribution in [3.8, 4) is 0 Å². The number of hydrogen-bond acceptors (Lipinski definition) is 2. The molecule has 0 aliphatic heterocycles. The Bertz CT molecular complexity index is 418. The summed E-state index contributed by atoms with van der Waals surface area (Å²) in [5.41, 5.74) is 3.87. The highest BCUT2D eigenvalue weighted by Crippen LogP contribution is 2.32. The molecule has 0 radical (unpaired) electrons. The monoisotopic (exact) mass is 286 g/mol. The number of rotatable bonds is 5. The fourth-order valence-corrected chi connectivity index (χ4v) is 1.55. The quantitative estimate of drug-likeness (QED) is 0.817. The summed E-state index contributed by atoms with van der Waals surface area (Å²) in [6.07, 6.45) is -7.50. The first-order chi connectivity index (χ1) is 8.75. The molecule has 1 rings (SSSR count). The van der Waals surface area contributed by atoms with E-state index in [4.69, 9.17) is 5.73 Å². The molecule has 0 heterocycles. The third kappa shape index (κ3) is 4.39. The van der Waals surface area contributed by atoms with E-state index >= 15 is 0 Å². The van der Waals surface area contributed by atoms with Crippen LogP contribution in [0.3, 0.4) is 0 Å². The molecule has 3 N–H and O–H groups in total. The van der Waals surface area contributed by atoms with Gasteiger partial charge in [-0.3, -0.25) is 0 Å². The first kappa shape index (κ1) is 15.8. The lowest BCUT2D eigenvalue weighted by atomic mass is 10.0. The van der Waals surface area contributed by atoms with Crippen LogP contribution in [-0.4, -0.2) is 19.5 Å². The van der Waals surface area contributed by atoms with Gasteiger partial charge in [-0.2, -0.15) is 13.2 Å². The van der Waals surface area contributed by atoms with Crippen LogP contribution in [0.15, 0.2) is 18.2 Å². The van der Waals surface area contributed by atoms with Crippen LogP contribution in [0.1, 0.15) is 17.2 Å². The molecule has 0 spiro atoms. The van der Waals surface area contributed by atoms with Gasteiger partial charge in [0.05, 0.1) is 12.1 Å². The van der Waals surface area contributed by atoms with Crippen molar-refractivity contribution in [2.24, 2.45) is 5.73 Å². The van der Waals surface area contributed by atoms with Crippen LogP contribution in [0, 0.1) is 5.82 Å². The van der Waals surface area contributed by atoms with Crippen molar-refractivity contribution >= 4 is 0 Å². The first-order valence-electron chi connectivity index (χ1n) is 5.34. The molecule has 2 nitrogen and oxygen atoms in total. The lowest BCUT2D eigenvalue weighted by Crippen LogP contribution is -2.32. The van der Waals surface area contributed by atoms with E-state index in [0.29, 0.717) is 12.1 Å². The van der Waals surface area contributed by atoms with Crippen LogP contribution >= 0.6 is 0 Å². The smallest absolute Gasteiger partial charge is 0.329 e. The number of nitrogens with two attached hydrogens (primary N) is 1. The standard InChI is InChI=1S/C11H12F6N2/c12-8-2-1-6(3-7(8)11(15,16)17)9(4-18)19-5-10(13)14/h1-3,9-10,19H,4-5,18H2. The summed E-state index contributed by atoms with van der Waals surface area (Å²) >= 11 is 0. The van der Waals surface area contributed by atoms with Crippen LogP contribution < -0.4 is 11.1 Å². The number of halogens is 6. The molecule has 1 aromatic rings. The molecule has 1 atom stereocenters. The Morgan fingerprint density at radius 2 is 1.84 bits per heavy atom. The predicted molar refractivity (Wildman–Crippen MR) is 57.2 cm³/mol. The molecule has 108 valence electrons. The van der Waals surface area contributed by atoms with Crippen molar-refractivity contribution in [2.45, 2.75) is 18.6 Å². The normalized spacial score (nSPS) is 13.9. The van der Waals surface area contributed by atoms with Gasteiger partial charge in [0.2, 0.25) is 0 Å². The Balaban J connectivity index is 2.99. The summed E-state index contributed by atoms with van der Waals surface area (Å²) < 4.78 is 74.6. The largest absolute Gasteiger partial charge is 0.419 e. The van der Waals surface area contributed by atoms with Gasteiger partial charge in [-0.05, 0) is 17.7 Å². The molecule has 19 heavy (non-hydrogen) atoms. The maximum absolute atomic E-state index is 13.1. The lowest BCUT2D eigenvalue weighted by molar-refractivity contribution is -0.140. The van der Waals surface area contributed by atoms with Gasteiger partial charge in [-0.25, -0.2) is 13.2 Å². The first-order valence-corrected chi connectivity index (χ1v) is 5.34. The summed E-state index contributed by atoms with van der Waals surface area (Å²) in [4.78, 5) is 0. The molecule has 0 saturated heterocycles. The summed E-state index contributed by atoms with van der Waals surface area (Å²) in [6.45, 7) is -0.893. The topological polar surface area (TPSA) is 38.0 Å². The minimum Gasteiger partial charge on any atom is -0.329 e. The van der Waals surface area contributed by atoms with E-state index in [0.717, 1.165) is 6.07 Å². The second kappa shape index (κ2) is 6.25. The zero-order valence-corrected chi connectivity index (χ0v) is 9.65. The van der Waals surface area contributed by atoms with Crippen LogP contribution in [0.4, 0.5) is 26.3 Å². The highest BCUT2D eigenvalue weighted by Gasteiger charge is 2.34. The molecule has 0 amide bonds. The molecule has 8 heteroatoms. The van der Waals surface area contributed by atoms with E-state index < -0.39 is 36.6 Å². The van der Waals surface area contributed by atoms with Gasteiger partial charge in [-0.15, -0.1) is 0 Å². The molecule has 0 aliphatic rings. The SMILES string of the molecule is NCC(NCC(F)F)c1ccc(F)c(C(F)(F)F)c1. The van der Waals surface area contributed by atoms with E-state index in [1.807, 2.05) is 0 Å². The lowest BCUT2D eigenvalue weighted by Gasteiger charge is -2.18. The highest BCUT2D eigenvalue weighted by atomic mass is 19.4. The zero-order chi connectivity index (χ0) is 14.6.